The van der Waals surface area contributed by atoms with Crippen LogP contribution >= 0.6 is 0 Å². The largest absolute Gasteiger partial charge is 0.368 e. The lowest BCUT2D eigenvalue weighted by Crippen LogP contribution is -2.45. The van der Waals surface area contributed by atoms with Crippen molar-refractivity contribution in [2.75, 3.05) is 26.7 Å². The molecule has 2 aliphatic rings. The highest BCUT2D eigenvalue weighted by Gasteiger charge is 2.49. The highest BCUT2D eigenvalue weighted by Crippen LogP contribution is 2.41. The molecule has 2 fully saturated rings. The van der Waals surface area contributed by atoms with Gasteiger partial charge in [-0.3, -0.25) is 4.90 Å². The fourth-order valence-corrected chi connectivity index (χ4v) is 3.70. The molecule has 0 spiro atoms. The van der Waals surface area contributed by atoms with E-state index in [1.807, 2.05) is 7.05 Å². The predicted octanol–water partition coefficient (Wildman–Crippen LogP) is 1.87. The minimum Gasteiger partial charge on any atom is -0.368 e. The fraction of sp³-hybridized carbons (Fsp3) is 1.00. The number of nitrogens with one attached hydrogen (secondary N) is 1. The summed E-state index contributed by atoms with van der Waals surface area (Å²) in [6.45, 7) is 12.5. The Bertz CT molecular complexity index is 275. The molecule has 3 heteroatoms. The van der Waals surface area contributed by atoms with Gasteiger partial charge in [-0.1, -0.05) is 0 Å². The molecule has 1 N–H and O–H groups in total. The second-order valence-corrected chi connectivity index (χ2v) is 6.89. The number of nitrogens with zero attached hydrogens (tertiary/aromatic N) is 1. The van der Waals surface area contributed by atoms with E-state index in [1.165, 1.54) is 19.5 Å². The molecule has 0 radical (unpaired) electrons. The lowest BCUT2D eigenvalue weighted by molar-refractivity contribution is -0.0790. The molecule has 2 aliphatic heterocycles. The van der Waals surface area contributed by atoms with Crippen molar-refractivity contribution in [1.82, 2.24) is 10.2 Å². The van der Waals surface area contributed by atoms with Crippen LogP contribution < -0.4 is 5.32 Å². The molecule has 0 aromatic heterocycles. The molecule has 2 unspecified atom stereocenters. The van der Waals surface area contributed by atoms with Gasteiger partial charge in [-0.25, -0.2) is 0 Å². The molecule has 3 nitrogen and oxygen atoms in total. The minimum absolute atomic E-state index is 0.00195. The maximum Gasteiger partial charge on any atom is 0.0789 e. The Morgan fingerprint density at radius 1 is 1.29 bits per heavy atom. The number of rotatable bonds is 3. The summed E-state index contributed by atoms with van der Waals surface area (Å²) in [4.78, 5) is 2.65. The average molecular weight is 240 g/mol. The maximum absolute atomic E-state index is 6.20. The normalized spacial score (nSPS) is 36.5. The first-order valence-electron chi connectivity index (χ1n) is 6.93. The summed E-state index contributed by atoms with van der Waals surface area (Å²) in [5.74, 6) is 0.819. The van der Waals surface area contributed by atoms with Gasteiger partial charge < -0.3 is 10.1 Å². The first-order chi connectivity index (χ1) is 7.84. The smallest absolute Gasteiger partial charge is 0.0789 e. The Morgan fingerprint density at radius 3 is 2.53 bits per heavy atom. The van der Waals surface area contributed by atoms with Crippen LogP contribution in [0.25, 0.3) is 0 Å². The summed E-state index contributed by atoms with van der Waals surface area (Å²) in [6, 6.07) is 0.583. The van der Waals surface area contributed by atoms with Crippen LogP contribution in [0.1, 0.15) is 40.5 Å². The van der Waals surface area contributed by atoms with Gasteiger partial charge in [0.25, 0.3) is 0 Å². The molecule has 0 aromatic rings. The molecule has 17 heavy (non-hydrogen) atoms. The van der Waals surface area contributed by atoms with Gasteiger partial charge in [0.2, 0.25) is 0 Å². The van der Waals surface area contributed by atoms with Crippen LogP contribution in [0.3, 0.4) is 0 Å². The molecule has 0 amide bonds. The van der Waals surface area contributed by atoms with Gasteiger partial charge in [-0.05, 0) is 66.6 Å². The van der Waals surface area contributed by atoms with Crippen LogP contribution in [-0.4, -0.2) is 48.8 Å². The van der Waals surface area contributed by atoms with E-state index in [-0.39, 0.29) is 11.2 Å². The van der Waals surface area contributed by atoms with Crippen molar-refractivity contribution in [3.63, 3.8) is 0 Å². The maximum atomic E-state index is 6.20. The zero-order chi connectivity index (χ0) is 12.7. The molecule has 2 atom stereocenters. The third-order valence-electron chi connectivity index (χ3n) is 4.28. The number of ether oxygens (including phenoxy) is 1. The van der Waals surface area contributed by atoms with E-state index < -0.39 is 0 Å². The second kappa shape index (κ2) is 4.52. The van der Waals surface area contributed by atoms with Gasteiger partial charge in [0.1, 0.15) is 0 Å². The third kappa shape index (κ3) is 2.83. The van der Waals surface area contributed by atoms with Gasteiger partial charge in [-0.2, -0.15) is 0 Å². The van der Waals surface area contributed by atoms with Gasteiger partial charge in [0.15, 0.2) is 0 Å². The van der Waals surface area contributed by atoms with Crippen molar-refractivity contribution in [3.8, 4) is 0 Å². The third-order valence-corrected chi connectivity index (χ3v) is 4.28. The second-order valence-electron chi connectivity index (χ2n) is 6.89. The molecular weight excluding hydrogens is 212 g/mol. The van der Waals surface area contributed by atoms with Gasteiger partial charge in [-0.15, -0.1) is 0 Å². The van der Waals surface area contributed by atoms with Crippen LogP contribution in [0.4, 0.5) is 0 Å². The highest BCUT2D eigenvalue weighted by atomic mass is 16.5. The summed E-state index contributed by atoms with van der Waals surface area (Å²) in [7, 11) is 2.05. The van der Waals surface area contributed by atoms with Gasteiger partial charge >= 0.3 is 0 Å². The first kappa shape index (κ1) is 13.3. The quantitative estimate of drug-likeness (QED) is 0.815. The van der Waals surface area contributed by atoms with E-state index in [9.17, 15) is 0 Å². The van der Waals surface area contributed by atoms with Crippen LogP contribution in [0.15, 0.2) is 0 Å². The molecule has 0 aliphatic carbocycles. The molecule has 2 saturated heterocycles. The summed E-state index contributed by atoms with van der Waals surface area (Å²) >= 11 is 0. The minimum atomic E-state index is -0.00195. The van der Waals surface area contributed by atoms with Crippen LogP contribution in [0.2, 0.25) is 0 Å². The summed E-state index contributed by atoms with van der Waals surface area (Å²) in [5, 5.41) is 3.30. The van der Waals surface area contributed by atoms with Gasteiger partial charge in [0, 0.05) is 12.6 Å². The zero-order valence-corrected chi connectivity index (χ0v) is 12.0. The highest BCUT2D eigenvalue weighted by molar-refractivity contribution is 5.01. The number of hydrogen-bond acceptors (Lipinski definition) is 3. The standard InChI is InChI=1S/C14H28N2O/c1-13(2)8-12(14(3,4)17-13)16-7-6-11(10-16)9-15-5/h11-12,15H,6-10H2,1-5H3. The van der Waals surface area contributed by atoms with E-state index >= 15 is 0 Å². The monoisotopic (exact) mass is 240 g/mol. The fourth-order valence-electron chi connectivity index (χ4n) is 3.70. The Hall–Kier alpha value is -0.120. The number of hydrogen-bond donors (Lipinski definition) is 1. The van der Waals surface area contributed by atoms with Crippen LogP contribution in [0.5, 0.6) is 0 Å². The molecule has 100 valence electrons. The summed E-state index contributed by atoms with van der Waals surface area (Å²) in [5.41, 5.74) is 0.0350. The lowest BCUT2D eigenvalue weighted by Gasteiger charge is -2.33. The Balaban J connectivity index is 1.99. The SMILES string of the molecule is CNCC1CCN(C2CC(C)(C)OC2(C)C)C1. The Kier molecular flexibility index (Phi) is 3.54. The van der Waals surface area contributed by atoms with Crippen molar-refractivity contribution >= 4 is 0 Å². The van der Waals surface area contributed by atoms with Gasteiger partial charge in [0.05, 0.1) is 11.2 Å². The Morgan fingerprint density at radius 2 is 2.00 bits per heavy atom. The predicted molar refractivity (Wildman–Crippen MR) is 71.3 cm³/mol. The van der Waals surface area contributed by atoms with E-state index in [0.717, 1.165) is 18.9 Å². The van der Waals surface area contributed by atoms with Crippen molar-refractivity contribution in [3.05, 3.63) is 0 Å². The average Bonchev–Trinajstić information content (AvgIpc) is 2.68. The lowest BCUT2D eigenvalue weighted by atomic mass is 9.93. The molecule has 2 heterocycles. The topological polar surface area (TPSA) is 24.5 Å². The number of likely N-dealkylation sites (tertiary alicyclic amines) is 1. The van der Waals surface area contributed by atoms with Crippen molar-refractivity contribution in [2.24, 2.45) is 5.92 Å². The molecule has 0 aromatic carbocycles. The van der Waals surface area contributed by atoms with Crippen molar-refractivity contribution < 1.29 is 4.74 Å². The molecule has 0 saturated carbocycles. The van der Waals surface area contributed by atoms with Crippen LogP contribution in [0, 0.1) is 5.92 Å². The van der Waals surface area contributed by atoms with E-state index in [2.05, 4.69) is 37.9 Å². The van der Waals surface area contributed by atoms with E-state index in [4.69, 9.17) is 4.74 Å². The van der Waals surface area contributed by atoms with Crippen molar-refractivity contribution in [2.45, 2.75) is 57.8 Å². The van der Waals surface area contributed by atoms with Crippen molar-refractivity contribution in [1.29, 1.82) is 0 Å². The van der Waals surface area contributed by atoms with E-state index in [1.54, 1.807) is 0 Å². The summed E-state index contributed by atoms with van der Waals surface area (Å²) < 4.78 is 6.20. The molecule has 0 bridgehead atoms. The zero-order valence-electron chi connectivity index (χ0n) is 12.0. The summed E-state index contributed by atoms with van der Waals surface area (Å²) in [6.07, 6.45) is 2.49. The first-order valence-corrected chi connectivity index (χ1v) is 6.93. The molecular formula is C14H28N2O. The van der Waals surface area contributed by atoms with Crippen LogP contribution in [-0.2, 0) is 4.74 Å². The molecule has 2 rings (SSSR count). The Labute approximate surface area is 106 Å². The van der Waals surface area contributed by atoms with E-state index in [0.29, 0.717) is 6.04 Å².